The number of hydrogen-bond donors (Lipinski definition) is 1. The number of hydrogen-bond acceptors (Lipinski definition) is 2. The van der Waals surface area contributed by atoms with Gasteiger partial charge in [0.2, 0.25) is 0 Å². The van der Waals surface area contributed by atoms with Crippen molar-refractivity contribution in [3.05, 3.63) is 34.9 Å². The summed E-state index contributed by atoms with van der Waals surface area (Å²) in [5.41, 5.74) is 4.57. The van der Waals surface area contributed by atoms with Crippen LogP contribution in [0.2, 0.25) is 5.02 Å². The van der Waals surface area contributed by atoms with Gasteiger partial charge in [0.25, 0.3) is 0 Å². The van der Waals surface area contributed by atoms with Crippen molar-refractivity contribution < 1.29 is 15.6 Å². The second-order valence-electron chi connectivity index (χ2n) is 2.82. The molecule has 0 heterocycles. The van der Waals surface area contributed by atoms with Crippen LogP contribution in [0.15, 0.2) is 24.3 Å². The quantitative estimate of drug-likeness (QED) is 0.730. The summed E-state index contributed by atoms with van der Waals surface area (Å²) >= 11 is 5.67. The molecule has 0 saturated heterocycles. The molecule has 1 atom stereocenters. The first-order valence-electron chi connectivity index (χ1n) is 3.88. The molecule has 0 amide bonds. The van der Waals surface area contributed by atoms with Crippen LogP contribution in [0, 0.1) is 0 Å². The summed E-state index contributed by atoms with van der Waals surface area (Å²) in [5.74, 6) is -1.09. The fourth-order valence-electron chi connectivity index (χ4n) is 1.05. The zero-order chi connectivity index (χ0) is 9.84. The normalized spacial score (nSPS) is 12.5. The molecule has 0 spiro atoms. The number of carbonyl (C=O) groups excluding carboxylic acids is 1. The summed E-state index contributed by atoms with van der Waals surface area (Å²) in [6, 6.07) is 6.68. The second-order valence-corrected chi connectivity index (χ2v) is 3.26. The number of rotatable bonds is 3. The predicted molar refractivity (Wildman–Crippen MR) is 46.7 cm³/mol. The third-order valence-corrected chi connectivity index (χ3v) is 2.01. The fourth-order valence-corrected chi connectivity index (χ4v) is 1.18. The Morgan fingerprint density at radius 3 is 2.46 bits per heavy atom. The lowest BCUT2D eigenvalue weighted by Gasteiger charge is -2.08. The maximum absolute atomic E-state index is 10.3. The van der Waals surface area contributed by atoms with Crippen molar-refractivity contribution in [2.45, 2.75) is 12.5 Å². The van der Waals surface area contributed by atoms with Gasteiger partial charge in [0, 0.05) is 23.0 Å². The average Bonchev–Trinajstić information content (AvgIpc) is 2.04. The van der Waals surface area contributed by atoms with Crippen molar-refractivity contribution in [2.24, 2.45) is 0 Å². The Morgan fingerprint density at radius 1 is 1.46 bits per heavy atom. The number of benzene rings is 1. The standard InChI is InChI=1S/C9H10ClNO2/c10-7-3-1-6(2-4-7)8(11)5-9(12)13/h1-4,8H,5,11H2,(H,12,13)/t8-/m0/s1. The summed E-state index contributed by atoms with van der Waals surface area (Å²) < 4.78 is 0. The van der Waals surface area contributed by atoms with Crippen LogP contribution in [0.25, 0.3) is 0 Å². The molecule has 70 valence electrons. The highest BCUT2D eigenvalue weighted by molar-refractivity contribution is 6.30. The number of carboxylic acids is 1. The van der Waals surface area contributed by atoms with Gasteiger partial charge in [0.1, 0.15) is 6.04 Å². The topological polar surface area (TPSA) is 67.8 Å². The number of carbonyl (C=O) groups is 1. The van der Waals surface area contributed by atoms with Crippen molar-refractivity contribution in [3.63, 3.8) is 0 Å². The Balaban J connectivity index is 2.71. The van der Waals surface area contributed by atoms with E-state index in [2.05, 4.69) is 5.73 Å². The van der Waals surface area contributed by atoms with Crippen LogP contribution in [0.5, 0.6) is 0 Å². The highest BCUT2D eigenvalue weighted by atomic mass is 35.5. The molecular formula is C9H10ClNO2. The van der Waals surface area contributed by atoms with Crippen LogP contribution in [-0.2, 0) is 4.79 Å². The summed E-state index contributed by atoms with van der Waals surface area (Å²) in [6.07, 6.45) is -0.0678. The van der Waals surface area contributed by atoms with Gasteiger partial charge in [-0.1, -0.05) is 23.7 Å². The fraction of sp³-hybridized carbons (Fsp3) is 0.222. The monoisotopic (exact) mass is 199 g/mol. The van der Waals surface area contributed by atoms with E-state index in [4.69, 9.17) is 11.6 Å². The van der Waals surface area contributed by atoms with Crippen LogP contribution >= 0.6 is 11.6 Å². The van der Waals surface area contributed by atoms with Crippen LogP contribution < -0.4 is 10.8 Å². The number of carboxylic acid groups (broad SMARTS) is 1. The molecule has 0 aromatic heterocycles. The number of aliphatic carboxylic acids is 1. The Kier molecular flexibility index (Phi) is 3.28. The molecule has 13 heavy (non-hydrogen) atoms. The molecule has 0 unspecified atom stereocenters. The molecule has 0 aliphatic heterocycles. The van der Waals surface area contributed by atoms with Gasteiger partial charge >= 0.3 is 0 Å². The van der Waals surface area contributed by atoms with E-state index in [1.165, 1.54) is 0 Å². The Hall–Kier alpha value is -1.06. The van der Waals surface area contributed by atoms with Gasteiger partial charge in [-0.05, 0) is 12.1 Å². The first kappa shape index (κ1) is 10.0. The van der Waals surface area contributed by atoms with Crippen LogP contribution in [0.4, 0.5) is 0 Å². The second kappa shape index (κ2) is 4.25. The maximum Gasteiger partial charge on any atom is 0.115 e. The molecule has 3 N–H and O–H groups in total. The lowest BCUT2D eigenvalue weighted by molar-refractivity contribution is -0.430. The van der Waals surface area contributed by atoms with E-state index in [1.807, 2.05) is 0 Å². The first-order chi connectivity index (χ1) is 6.09. The van der Waals surface area contributed by atoms with E-state index in [0.717, 1.165) is 5.56 Å². The van der Waals surface area contributed by atoms with Crippen LogP contribution in [-0.4, -0.2) is 5.97 Å². The van der Waals surface area contributed by atoms with E-state index < -0.39 is 5.97 Å². The third-order valence-electron chi connectivity index (χ3n) is 1.75. The summed E-state index contributed by atoms with van der Waals surface area (Å²) in [7, 11) is 0. The maximum atomic E-state index is 10.3. The molecule has 0 aliphatic rings. The van der Waals surface area contributed by atoms with Gasteiger partial charge in [0.05, 0.1) is 0 Å². The molecule has 1 aromatic rings. The molecular weight excluding hydrogens is 190 g/mol. The minimum Gasteiger partial charge on any atom is -0.550 e. The molecule has 4 heteroatoms. The number of halogens is 1. The molecule has 1 rings (SSSR count). The third kappa shape index (κ3) is 3.05. The van der Waals surface area contributed by atoms with Crippen molar-refractivity contribution in [2.75, 3.05) is 0 Å². The highest BCUT2D eigenvalue weighted by Gasteiger charge is 2.08. The van der Waals surface area contributed by atoms with Gasteiger partial charge in [-0.25, -0.2) is 0 Å². The lowest BCUT2D eigenvalue weighted by atomic mass is 10.1. The van der Waals surface area contributed by atoms with E-state index in [-0.39, 0.29) is 12.5 Å². The van der Waals surface area contributed by atoms with Crippen LogP contribution in [0.1, 0.15) is 18.0 Å². The summed E-state index contributed by atoms with van der Waals surface area (Å²) in [6.45, 7) is 0. The molecule has 0 bridgehead atoms. The summed E-state index contributed by atoms with van der Waals surface area (Å²) in [5, 5.41) is 10.9. The highest BCUT2D eigenvalue weighted by Crippen LogP contribution is 2.15. The minimum atomic E-state index is -1.09. The van der Waals surface area contributed by atoms with Crippen LogP contribution in [0.3, 0.4) is 0 Å². The van der Waals surface area contributed by atoms with Gasteiger partial charge in [0.15, 0.2) is 0 Å². The van der Waals surface area contributed by atoms with Gasteiger partial charge in [-0.2, -0.15) is 0 Å². The van der Waals surface area contributed by atoms with Gasteiger partial charge in [-0.15, -0.1) is 0 Å². The Morgan fingerprint density at radius 2 is 2.00 bits per heavy atom. The van der Waals surface area contributed by atoms with E-state index in [1.54, 1.807) is 24.3 Å². The van der Waals surface area contributed by atoms with E-state index in [0.29, 0.717) is 5.02 Å². The van der Waals surface area contributed by atoms with Crippen molar-refractivity contribution in [1.82, 2.24) is 0 Å². The predicted octanol–water partition coefficient (Wildman–Crippen LogP) is -0.237. The van der Waals surface area contributed by atoms with Crippen molar-refractivity contribution in [3.8, 4) is 0 Å². The van der Waals surface area contributed by atoms with Crippen molar-refractivity contribution in [1.29, 1.82) is 0 Å². The zero-order valence-electron chi connectivity index (χ0n) is 7.00. The van der Waals surface area contributed by atoms with Crippen molar-refractivity contribution >= 4 is 17.6 Å². The largest absolute Gasteiger partial charge is 0.550 e. The molecule has 0 saturated carbocycles. The van der Waals surface area contributed by atoms with Gasteiger partial charge < -0.3 is 15.6 Å². The zero-order valence-corrected chi connectivity index (χ0v) is 7.75. The molecule has 3 nitrogen and oxygen atoms in total. The SMILES string of the molecule is [NH3+][C@@H](CC(=O)[O-])c1ccc(Cl)cc1. The van der Waals surface area contributed by atoms with E-state index in [9.17, 15) is 9.90 Å². The van der Waals surface area contributed by atoms with Gasteiger partial charge in [-0.3, -0.25) is 0 Å². The molecule has 1 aromatic carbocycles. The number of quaternary nitrogens is 1. The molecule has 0 aliphatic carbocycles. The van der Waals surface area contributed by atoms with E-state index >= 15 is 0 Å². The Bertz CT molecular complexity index is 297. The molecule has 0 radical (unpaired) electrons. The minimum absolute atomic E-state index is 0.0678. The smallest absolute Gasteiger partial charge is 0.115 e. The lowest BCUT2D eigenvalue weighted by Crippen LogP contribution is -2.55. The first-order valence-corrected chi connectivity index (χ1v) is 4.26. The Labute approximate surface area is 81.1 Å². The molecule has 0 fully saturated rings. The summed E-state index contributed by atoms with van der Waals surface area (Å²) in [4.78, 5) is 10.3. The average molecular weight is 200 g/mol.